The molecular weight excluding hydrogens is 374 g/mol. The molecule has 0 bridgehead atoms. The van der Waals surface area contributed by atoms with Crippen molar-refractivity contribution >= 4 is 22.1 Å². The van der Waals surface area contributed by atoms with E-state index < -0.39 is 0 Å². The number of nitrogens with one attached hydrogen (secondary N) is 1. The molecule has 7 nitrogen and oxygen atoms in total. The van der Waals surface area contributed by atoms with Crippen molar-refractivity contribution in [2.75, 3.05) is 0 Å². The summed E-state index contributed by atoms with van der Waals surface area (Å²) < 4.78 is 4.17. The molecule has 0 saturated heterocycles. The highest BCUT2D eigenvalue weighted by Gasteiger charge is 2.17. The predicted octanol–water partition coefficient (Wildman–Crippen LogP) is 4.88. The van der Waals surface area contributed by atoms with Crippen LogP contribution in [-0.2, 0) is 7.05 Å². The molecule has 0 amide bonds. The van der Waals surface area contributed by atoms with E-state index in [9.17, 15) is 0 Å². The maximum absolute atomic E-state index is 4.71. The molecule has 5 heterocycles. The zero-order valence-electron chi connectivity index (χ0n) is 18.1. The van der Waals surface area contributed by atoms with Gasteiger partial charge in [-0.15, -0.1) is 0 Å². The molecular formula is C23H25N7. The van der Waals surface area contributed by atoms with Gasteiger partial charge in [0.05, 0.1) is 23.1 Å². The van der Waals surface area contributed by atoms with Crippen molar-refractivity contribution in [1.29, 1.82) is 0 Å². The van der Waals surface area contributed by atoms with Crippen LogP contribution in [0.4, 0.5) is 0 Å². The lowest BCUT2D eigenvalue weighted by Gasteiger charge is -2.11. The number of rotatable bonds is 3. The number of nitrogens with zero attached hydrogens (tertiary/aromatic N) is 6. The molecule has 0 spiro atoms. The standard InChI is InChI=1S/C23H25N7/c1-12(2)30-15(5)27-20-11-24-19(8-21(20)30)18-10-26-23-17(18)7-16(9-25-23)22-13(3)28-29(6)14(22)4/h7-12H,1-6H3,(H,25,26). The maximum Gasteiger partial charge on any atom is 0.137 e. The van der Waals surface area contributed by atoms with Gasteiger partial charge in [-0.2, -0.15) is 5.10 Å². The molecule has 5 aromatic rings. The molecule has 0 atom stereocenters. The highest BCUT2D eigenvalue weighted by atomic mass is 15.3. The van der Waals surface area contributed by atoms with Crippen LogP contribution in [0, 0.1) is 20.8 Å². The highest BCUT2D eigenvalue weighted by molar-refractivity contribution is 5.96. The van der Waals surface area contributed by atoms with Gasteiger partial charge >= 0.3 is 0 Å². The molecule has 0 fully saturated rings. The van der Waals surface area contributed by atoms with Gasteiger partial charge in [0.1, 0.15) is 17.0 Å². The Bertz CT molecular complexity index is 1410. The normalized spacial score (nSPS) is 12.0. The Morgan fingerprint density at radius 3 is 2.53 bits per heavy atom. The first-order chi connectivity index (χ1) is 14.3. The van der Waals surface area contributed by atoms with Crippen LogP contribution in [0.3, 0.4) is 0 Å². The fourth-order valence-electron chi connectivity index (χ4n) is 4.46. The van der Waals surface area contributed by atoms with Gasteiger partial charge in [-0.1, -0.05) is 0 Å². The number of aromatic nitrogens is 7. The van der Waals surface area contributed by atoms with Gasteiger partial charge in [-0.25, -0.2) is 9.97 Å². The second kappa shape index (κ2) is 6.52. The summed E-state index contributed by atoms with van der Waals surface area (Å²) >= 11 is 0. The Balaban J connectivity index is 1.71. The molecule has 0 aromatic carbocycles. The Kier molecular flexibility index (Phi) is 4.03. The fraction of sp³-hybridized carbons (Fsp3) is 0.304. The number of aromatic amines is 1. The molecule has 0 aliphatic rings. The number of hydrogen-bond donors (Lipinski definition) is 1. The highest BCUT2D eigenvalue weighted by Crippen LogP contribution is 2.33. The van der Waals surface area contributed by atoms with Gasteiger partial charge in [0.15, 0.2) is 0 Å². The third kappa shape index (κ3) is 2.65. The van der Waals surface area contributed by atoms with E-state index in [1.807, 2.05) is 44.2 Å². The first kappa shape index (κ1) is 18.5. The van der Waals surface area contributed by atoms with Crippen LogP contribution in [0.5, 0.6) is 0 Å². The molecule has 0 radical (unpaired) electrons. The summed E-state index contributed by atoms with van der Waals surface area (Å²) in [6.07, 6.45) is 5.76. The Morgan fingerprint density at radius 2 is 1.83 bits per heavy atom. The van der Waals surface area contributed by atoms with Crippen LogP contribution in [-0.4, -0.2) is 34.3 Å². The minimum Gasteiger partial charge on any atom is -0.345 e. The molecule has 30 heavy (non-hydrogen) atoms. The van der Waals surface area contributed by atoms with Gasteiger partial charge in [0.2, 0.25) is 0 Å². The molecule has 0 saturated carbocycles. The summed E-state index contributed by atoms with van der Waals surface area (Å²) in [4.78, 5) is 17.3. The molecule has 0 aliphatic carbocycles. The summed E-state index contributed by atoms with van der Waals surface area (Å²) in [7, 11) is 1.97. The van der Waals surface area contributed by atoms with Crippen LogP contribution in [0.2, 0.25) is 0 Å². The minimum absolute atomic E-state index is 0.331. The summed E-state index contributed by atoms with van der Waals surface area (Å²) in [5.74, 6) is 1.00. The zero-order chi connectivity index (χ0) is 21.2. The number of imidazole rings is 1. The number of hydrogen-bond acceptors (Lipinski definition) is 4. The number of pyridine rings is 2. The number of H-pyrrole nitrogens is 1. The third-order valence-electron chi connectivity index (χ3n) is 5.87. The average molecular weight is 400 g/mol. The smallest absolute Gasteiger partial charge is 0.137 e. The number of fused-ring (bicyclic) bond motifs is 2. The summed E-state index contributed by atoms with van der Waals surface area (Å²) in [6.45, 7) is 10.5. The summed E-state index contributed by atoms with van der Waals surface area (Å²) in [6, 6.07) is 4.64. The molecule has 7 heteroatoms. The van der Waals surface area contributed by atoms with Crippen molar-refractivity contribution in [1.82, 2.24) is 34.3 Å². The zero-order valence-corrected chi connectivity index (χ0v) is 18.1. The van der Waals surface area contributed by atoms with E-state index in [-0.39, 0.29) is 0 Å². The lowest BCUT2D eigenvalue weighted by Crippen LogP contribution is -2.02. The van der Waals surface area contributed by atoms with Crippen molar-refractivity contribution in [3.8, 4) is 22.4 Å². The van der Waals surface area contributed by atoms with Crippen molar-refractivity contribution < 1.29 is 0 Å². The van der Waals surface area contributed by atoms with Crippen molar-refractivity contribution in [2.45, 2.75) is 40.7 Å². The van der Waals surface area contributed by atoms with Crippen molar-refractivity contribution in [3.63, 3.8) is 0 Å². The largest absolute Gasteiger partial charge is 0.345 e. The van der Waals surface area contributed by atoms with E-state index in [1.165, 1.54) is 0 Å². The first-order valence-corrected chi connectivity index (χ1v) is 10.2. The first-order valence-electron chi connectivity index (χ1n) is 10.2. The van der Waals surface area contributed by atoms with Crippen molar-refractivity contribution in [2.24, 2.45) is 7.05 Å². The quantitative estimate of drug-likeness (QED) is 0.469. The molecule has 0 aliphatic heterocycles. The van der Waals surface area contributed by atoms with Crippen LogP contribution in [0.25, 0.3) is 44.5 Å². The van der Waals surface area contributed by atoms with E-state index >= 15 is 0 Å². The minimum atomic E-state index is 0.331. The Morgan fingerprint density at radius 1 is 1.03 bits per heavy atom. The predicted molar refractivity (Wildman–Crippen MR) is 119 cm³/mol. The topological polar surface area (TPSA) is 77.2 Å². The summed E-state index contributed by atoms with van der Waals surface area (Å²) in [5, 5.41) is 5.61. The van der Waals surface area contributed by atoms with E-state index in [4.69, 9.17) is 4.98 Å². The monoisotopic (exact) mass is 399 g/mol. The Labute approximate surface area is 174 Å². The van der Waals surface area contributed by atoms with E-state index in [1.54, 1.807) is 0 Å². The lowest BCUT2D eigenvalue weighted by molar-refractivity contribution is 0.600. The van der Waals surface area contributed by atoms with Gasteiger partial charge in [0.25, 0.3) is 0 Å². The molecule has 1 N–H and O–H groups in total. The lowest BCUT2D eigenvalue weighted by atomic mass is 10.0. The Hall–Kier alpha value is -3.48. The molecule has 5 rings (SSSR count). The van der Waals surface area contributed by atoms with Crippen molar-refractivity contribution in [3.05, 3.63) is 47.9 Å². The van der Waals surface area contributed by atoms with Crippen LogP contribution in [0.1, 0.15) is 37.1 Å². The molecule has 0 unspecified atom stereocenters. The van der Waals surface area contributed by atoms with Gasteiger partial charge < -0.3 is 9.55 Å². The van der Waals surface area contributed by atoms with Gasteiger partial charge in [0, 0.05) is 53.3 Å². The van der Waals surface area contributed by atoms with Crippen LogP contribution in [0.15, 0.2) is 30.7 Å². The van der Waals surface area contributed by atoms with Gasteiger partial charge in [-0.3, -0.25) is 9.67 Å². The second-order valence-corrected chi connectivity index (χ2v) is 8.17. The SMILES string of the molecule is Cc1nn(C)c(C)c1-c1cnc2[nH]cc(-c3cc4c(cn3)nc(C)n4C(C)C)c2c1. The van der Waals surface area contributed by atoms with E-state index in [0.717, 1.165) is 61.7 Å². The maximum atomic E-state index is 4.71. The third-order valence-corrected chi connectivity index (χ3v) is 5.87. The second-order valence-electron chi connectivity index (χ2n) is 8.17. The van der Waals surface area contributed by atoms with Gasteiger partial charge in [-0.05, 0) is 46.8 Å². The molecule has 5 aromatic heterocycles. The van der Waals surface area contributed by atoms with Crippen LogP contribution < -0.4 is 0 Å². The fourth-order valence-corrected chi connectivity index (χ4v) is 4.46. The number of aryl methyl sites for hydroxylation is 3. The summed E-state index contributed by atoms with van der Waals surface area (Å²) in [5.41, 5.74) is 9.15. The van der Waals surface area contributed by atoms with E-state index in [0.29, 0.717) is 6.04 Å². The van der Waals surface area contributed by atoms with E-state index in [2.05, 4.69) is 57.5 Å². The van der Waals surface area contributed by atoms with Crippen LogP contribution >= 0.6 is 0 Å². The average Bonchev–Trinajstić information content (AvgIpc) is 3.33. The molecule has 152 valence electrons.